The Morgan fingerprint density at radius 1 is 0.469 bits per heavy atom. The first-order valence-corrected chi connectivity index (χ1v) is 35.1. The van der Waals surface area contributed by atoms with Crippen LogP contribution in [0.25, 0.3) is 0 Å². The summed E-state index contributed by atoms with van der Waals surface area (Å²) >= 11 is 0. The Kier molecular flexibility index (Phi) is 55.7. The molecule has 1 rings (SSSR count). The fraction of sp³-hybridized carbons (Fsp3) is 0.914. The minimum Gasteiger partial charge on any atom is -0.454 e. The van der Waals surface area contributed by atoms with Gasteiger partial charge in [-0.05, 0) is 51.4 Å². The van der Waals surface area contributed by atoms with Crippen LogP contribution in [0.5, 0.6) is 0 Å². The number of esters is 1. The highest BCUT2D eigenvalue weighted by atomic mass is 16.7. The van der Waals surface area contributed by atoms with Crippen LogP contribution in [0.4, 0.5) is 0 Å². The normalized spacial score (nSPS) is 18.7. The molecular weight excluding hydrogens is 1010 g/mol. The first-order chi connectivity index (χ1) is 39.7. The van der Waals surface area contributed by atoms with Crippen LogP contribution in [0.2, 0.25) is 0 Å². The monoisotopic (exact) mass is 1150 g/mol. The number of ether oxygens (including phenoxy) is 3. The SMILES string of the molecule is CCCCCC/C=C\CCCCCCCCCC(=O)OC1C(OCC(NC(=O)C(O)CCCCCCCCCCCCCCCCCCCCCCCCCCCC)C(O)/C=C/CCCCCCCCCCC)OC(CO)C(O)C1O. The predicted molar refractivity (Wildman–Crippen MR) is 338 cm³/mol. The largest absolute Gasteiger partial charge is 0.454 e. The molecule has 1 aliphatic heterocycles. The van der Waals surface area contributed by atoms with Gasteiger partial charge < -0.3 is 45.1 Å². The fourth-order valence-corrected chi connectivity index (χ4v) is 11.3. The van der Waals surface area contributed by atoms with Crippen LogP contribution in [-0.2, 0) is 23.8 Å². The summed E-state index contributed by atoms with van der Waals surface area (Å²) in [5, 5.41) is 57.1. The Labute approximate surface area is 499 Å². The van der Waals surface area contributed by atoms with Gasteiger partial charge in [-0.3, -0.25) is 9.59 Å². The van der Waals surface area contributed by atoms with Gasteiger partial charge in [0.2, 0.25) is 5.91 Å². The molecule has 0 aromatic heterocycles. The van der Waals surface area contributed by atoms with E-state index in [2.05, 4.69) is 38.2 Å². The van der Waals surface area contributed by atoms with E-state index in [0.29, 0.717) is 19.3 Å². The molecule has 0 aliphatic carbocycles. The Hall–Kier alpha value is -1.86. The van der Waals surface area contributed by atoms with Crippen LogP contribution in [0.15, 0.2) is 24.3 Å². The Balaban J connectivity index is 2.52. The van der Waals surface area contributed by atoms with Gasteiger partial charge in [-0.2, -0.15) is 0 Å². The average molecular weight is 1150 g/mol. The van der Waals surface area contributed by atoms with E-state index in [1.54, 1.807) is 6.08 Å². The number of carbonyl (C=O) groups excluding carboxylic acids is 2. The molecule has 1 saturated heterocycles. The van der Waals surface area contributed by atoms with E-state index in [9.17, 15) is 35.1 Å². The van der Waals surface area contributed by atoms with Crippen LogP contribution in [0.3, 0.4) is 0 Å². The van der Waals surface area contributed by atoms with Gasteiger partial charge in [-0.1, -0.05) is 315 Å². The summed E-state index contributed by atoms with van der Waals surface area (Å²) in [7, 11) is 0. The number of amides is 1. The van der Waals surface area contributed by atoms with Crippen LogP contribution in [-0.4, -0.2) is 99.6 Å². The Morgan fingerprint density at radius 2 is 0.815 bits per heavy atom. The summed E-state index contributed by atoms with van der Waals surface area (Å²) in [5.41, 5.74) is 0. The molecule has 6 N–H and O–H groups in total. The van der Waals surface area contributed by atoms with E-state index in [0.717, 1.165) is 70.6 Å². The third kappa shape index (κ3) is 46.1. The summed E-state index contributed by atoms with van der Waals surface area (Å²) in [5.74, 6) is -1.18. The van der Waals surface area contributed by atoms with Crippen molar-refractivity contribution in [3.63, 3.8) is 0 Å². The topological polar surface area (TPSA) is 175 Å². The molecule has 0 bridgehead atoms. The summed E-state index contributed by atoms with van der Waals surface area (Å²) in [6, 6.07) is -1.02. The second kappa shape index (κ2) is 58.5. The third-order valence-corrected chi connectivity index (χ3v) is 16.9. The molecule has 1 fully saturated rings. The molecule has 1 heterocycles. The molecule has 478 valence electrons. The van der Waals surface area contributed by atoms with Crippen molar-refractivity contribution >= 4 is 11.9 Å². The molecule has 1 amide bonds. The molecule has 0 spiro atoms. The zero-order chi connectivity index (χ0) is 58.9. The third-order valence-electron chi connectivity index (χ3n) is 16.9. The summed E-state index contributed by atoms with van der Waals surface area (Å²) < 4.78 is 17.7. The number of unbranched alkanes of at least 4 members (excludes halogenated alkanes) is 45. The van der Waals surface area contributed by atoms with Crippen molar-refractivity contribution in [2.24, 2.45) is 0 Å². The zero-order valence-corrected chi connectivity index (χ0v) is 53.2. The van der Waals surface area contributed by atoms with Crippen LogP contribution in [0.1, 0.15) is 348 Å². The maximum Gasteiger partial charge on any atom is 0.306 e. The second-order valence-electron chi connectivity index (χ2n) is 24.6. The van der Waals surface area contributed by atoms with E-state index >= 15 is 0 Å². The Morgan fingerprint density at radius 3 is 1.21 bits per heavy atom. The number of aliphatic hydroxyl groups excluding tert-OH is 5. The van der Waals surface area contributed by atoms with E-state index in [1.165, 1.54) is 231 Å². The van der Waals surface area contributed by atoms with Crippen LogP contribution >= 0.6 is 0 Å². The van der Waals surface area contributed by atoms with Crippen molar-refractivity contribution in [3.8, 4) is 0 Å². The van der Waals surface area contributed by atoms with Crippen molar-refractivity contribution in [2.45, 2.75) is 397 Å². The molecule has 0 aromatic carbocycles. The molecule has 8 unspecified atom stereocenters. The maximum absolute atomic E-state index is 13.5. The van der Waals surface area contributed by atoms with E-state index in [-0.39, 0.29) is 13.0 Å². The molecule has 1 aliphatic rings. The van der Waals surface area contributed by atoms with E-state index in [4.69, 9.17) is 14.2 Å². The van der Waals surface area contributed by atoms with Gasteiger partial charge in [0.05, 0.1) is 25.4 Å². The van der Waals surface area contributed by atoms with Gasteiger partial charge >= 0.3 is 5.97 Å². The predicted octanol–water partition coefficient (Wildman–Crippen LogP) is 17.6. The van der Waals surface area contributed by atoms with Gasteiger partial charge in [0, 0.05) is 6.42 Å². The highest BCUT2D eigenvalue weighted by Crippen LogP contribution is 2.26. The van der Waals surface area contributed by atoms with Crippen LogP contribution in [0, 0.1) is 0 Å². The van der Waals surface area contributed by atoms with E-state index < -0.39 is 67.4 Å². The smallest absolute Gasteiger partial charge is 0.306 e. The highest BCUT2D eigenvalue weighted by molar-refractivity contribution is 5.80. The maximum atomic E-state index is 13.5. The molecule has 0 saturated carbocycles. The van der Waals surface area contributed by atoms with Gasteiger partial charge in [0.1, 0.15) is 24.4 Å². The first kappa shape index (κ1) is 77.2. The van der Waals surface area contributed by atoms with Crippen LogP contribution < -0.4 is 5.32 Å². The summed E-state index contributed by atoms with van der Waals surface area (Å²) in [6.07, 6.45) is 59.5. The summed E-state index contributed by atoms with van der Waals surface area (Å²) in [4.78, 5) is 26.6. The quantitative estimate of drug-likeness (QED) is 0.0195. The zero-order valence-electron chi connectivity index (χ0n) is 53.2. The van der Waals surface area contributed by atoms with Gasteiger partial charge in [-0.25, -0.2) is 0 Å². The number of aliphatic hydroxyl groups is 5. The number of carbonyl (C=O) groups is 2. The first-order valence-electron chi connectivity index (χ1n) is 35.1. The number of hydrogen-bond acceptors (Lipinski definition) is 10. The summed E-state index contributed by atoms with van der Waals surface area (Å²) in [6.45, 7) is 5.82. The van der Waals surface area contributed by atoms with Gasteiger partial charge in [0.15, 0.2) is 12.4 Å². The van der Waals surface area contributed by atoms with Crippen molar-refractivity contribution in [3.05, 3.63) is 24.3 Å². The molecule has 11 nitrogen and oxygen atoms in total. The average Bonchev–Trinajstić information content (AvgIpc) is 3.50. The van der Waals surface area contributed by atoms with Crippen molar-refractivity contribution < 1.29 is 49.3 Å². The standard InChI is InChI=1S/C70H133NO10/c1-4-7-10-13-16-19-22-24-26-27-28-29-30-31-32-33-34-35-36-38-39-42-45-48-51-54-57-63(74)69(78)71-61(62(73)56-53-50-47-44-41-21-18-15-12-9-6-3)60-79-70-68(67(77)66(76)64(59-72)80-70)81-65(75)58-55-52-49-46-43-40-37-25-23-20-17-14-11-8-5-2/h20,23,53,56,61-64,66-68,70,72-74,76-77H,4-19,21-22,24-52,54-55,57-60H2,1-3H3,(H,71,78)/b23-20-,56-53+. The minimum atomic E-state index is -1.61. The molecule has 0 aromatic rings. The minimum absolute atomic E-state index is 0.122. The number of allylic oxidation sites excluding steroid dienone is 3. The number of nitrogens with one attached hydrogen (secondary N) is 1. The molecular formula is C70H133NO10. The Bertz CT molecular complexity index is 1410. The fourth-order valence-electron chi connectivity index (χ4n) is 11.3. The number of rotatable bonds is 61. The molecule has 11 heteroatoms. The second-order valence-corrected chi connectivity index (χ2v) is 24.6. The van der Waals surface area contributed by atoms with Crippen molar-refractivity contribution in [1.82, 2.24) is 5.32 Å². The van der Waals surface area contributed by atoms with Gasteiger partial charge in [-0.15, -0.1) is 0 Å². The van der Waals surface area contributed by atoms with Gasteiger partial charge in [0.25, 0.3) is 0 Å². The lowest BCUT2D eigenvalue weighted by Crippen LogP contribution is -2.61. The van der Waals surface area contributed by atoms with Crippen molar-refractivity contribution in [1.29, 1.82) is 0 Å². The molecule has 8 atom stereocenters. The molecule has 81 heavy (non-hydrogen) atoms. The lowest BCUT2D eigenvalue weighted by Gasteiger charge is -2.41. The number of hydrogen-bond donors (Lipinski definition) is 6. The lowest BCUT2D eigenvalue weighted by atomic mass is 9.99. The van der Waals surface area contributed by atoms with E-state index in [1.807, 2.05) is 6.08 Å². The molecule has 0 radical (unpaired) electrons. The lowest BCUT2D eigenvalue weighted by molar-refractivity contribution is -0.305. The highest BCUT2D eigenvalue weighted by Gasteiger charge is 2.47. The van der Waals surface area contributed by atoms with Crippen molar-refractivity contribution in [2.75, 3.05) is 13.2 Å².